The van der Waals surface area contributed by atoms with Crippen LogP contribution < -0.4 is 4.74 Å². The molecule has 0 bridgehead atoms. The third-order valence-electron chi connectivity index (χ3n) is 2.66. The molecule has 0 saturated heterocycles. The molecule has 4 heteroatoms. The SMILES string of the molecule is COc1ccc2[nH]c(CCCN=C=S)cc2c1. The molecule has 2 aromatic rings. The molecule has 0 atom stereocenters. The molecule has 0 aliphatic rings. The zero-order valence-electron chi connectivity index (χ0n) is 9.69. The summed E-state index contributed by atoms with van der Waals surface area (Å²) in [7, 11) is 1.68. The average molecular weight is 246 g/mol. The second-order valence-electron chi connectivity index (χ2n) is 3.82. The molecule has 1 heterocycles. The number of nitrogens with one attached hydrogen (secondary N) is 1. The van der Waals surface area contributed by atoms with Crippen LogP contribution >= 0.6 is 12.2 Å². The van der Waals surface area contributed by atoms with Crippen molar-refractivity contribution < 1.29 is 4.74 Å². The number of thiocarbonyl (C=S) groups is 1. The van der Waals surface area contributed by atoms with Crippen molar-refractivity contribution >= 4 is 28.3 Å². The van der Waals surface area contributed by atoms with E-state index in [4.69, 9.17) is 4.74 Å². The van der Waals surface area contributed by atoms with Crippen LogP contribution in [0.2, 0.25) is 0 Å². The quantitative estimate of drug-likeness (QED) is 0.499. The van der Waals surface area contributed by atoms with Crippen molar-refractivity contribution in [2.75, 3.05) is 13.7 Å². The maximum absolute atomic E-state index is 5.20. The Kier molecular flexibility index (Phi) is 3.91. The van der Waals surface area contributed by atoms with Crippen LogP contribution in [0.25, 0.3) is 10.9 Å². The molecule has 0 spiro atoms. The van der Waals surface area contributed by atoms with Gasteiger partial charge in [0.05, 0.1) is 12.3 Å². The Balaban J connectivity index is 2.11. The van der Waals surface area contributed by atoms with Gasteiger partial charge < -0.3 is 9.72 Å². The molecule has 0 unspecified atom stereocenters. The first-order chi connectivity index (χ1) is 8.33. The van der Waals surface area contributed by atoms with Crippen molar-refractivity contribution in [2.24, 2.45) is 4.99 Å². The number of aryl methyl sites for hydroxylation is 1. The number of aromatic nitrogens is 1. The molecule has 88 valence electrons. The first-order valence-electron chi connectivity index (χ1n) is 5.53. The van der Waals surface area contributed by atoms with Gasteiger partial charge in [0.25, 0.3) is 0 Å². The summed E-state index contributed by atoms with van der Waals surface area (Å²) in [4.78, 5) is 7.28. The van der Waals surface area contributed by atoms with Gasteiger partial charge in [0.1, 0.15) is 5.75 Å². The Morgan fingerprint density at radius 2 is 2.29 bits per heavy atom. The molecular formula is C13H14N2OS. The molecule has 0 radical (unpaired) electrons. The fourth-order valence-electron chi connectivity index (χ4n) is 1.83. The summed E-state index contributed by atoms with van der Waals surface area (Å²) in [5.74, 6) is 0.883. The third kappa shape index (κ3) is 2.93. The maximum Gasteiger partial charge on any atom is 0.119 e. The number of nitrogens with zero attached hydrogens (tertiary/aromatic N) is 1. The minimum absolute atomic E-state index is 0.738. The fourth-order valence-corrected chi connectivity index (χ4v) is 1.92. The lowest BCUT2D eigenvalue weighted by Crippen LogP contribution is -1.87. The van der Waals surface area contributed by atoms with E-state index in [9.17, 15) is 0 Å². The predicted octanol–water partition coefficient (Wildman–Crippen LogP) is 3.21. The monoisotopic (exact) mass is 246 g/mol. The normalized spacial score (nSPS) is 10.2. The molecule has 2 rings (SSSR count). The van der Waals surface area contributed by atoms with E-state index in [1.54, 1.807) is 7.11 Å². The number of rotatable bonds is 5. The average Bonchev–Trinajstić information content (AvgIpc) is 2.76. The van der Waals surface area contributed by atoms with Crippen LogP contribution in [0.5, 0.6) is 5.75 Å². The standard InChI is InChI=1S/C13H14N2OS/c1-16-12-4-5-13-10(8-12)7-11(15-13)3-2-6-14-9-17/h4-5,7-8,15H,2-3,6H2,1H3. The van der Waals surface area contributed by atoms with Crippen molar-refractivity contribution in [1.82, 2.24) is 4.98 Å². The number of aromatic amines is 1. The van der Waals surface area contributed by atoms with Gasteiger partial charge in [-0.25, -0.2) is 4.99 Å². The lowest BCUT2D eigenvalue weighted by atomic mass is 10.2. The molecule has 0 aliphatic heterocycles. The summed E-state index contributed by atoms with van der Waals surface area (Å²) in [6.07, 6.45) is 1.95. The Labute approximate surface area is 106 Å². The van der Waals surface area contributed by atoms with Gasteiger partial charge in [-0.05, 0) is 49.3 Å². The first kappa shape index (κ1) is 11.8. The number of isothiocyanates is 1. The van der Waals surface area contributed by atoms with E-state index in [2.05, 4.69) is 33.4 Å². The van der Waals surface area contributed by atoms with Crippen LogP contribution in [-0.2, 0) is 6.42 Å². The Morgan fingerprint density at radius 3 is 3.06 bits per heavy atom. The molecule has 0 saturated carbocycles. The number of hydrogen-bond acceptors (Lipinski definition) is 3. The predicted molar refractivity (Wildman–Crippen MR) is 73.1 cm³/mol. The number of ether oxygens (including phenoxy) is 1. The summed E-state index contributed by atoms with van der Waals surface area (Å²) in [5, 5.41) is 3.56. The van der Waals surface area contributed by atoms with Crippen molar-refractivity contribution in [3.8, 4) is 5.75 Å². The minimum Gasteiger partial charge on any atom is -0.497 e. The highest BCUT2D eigenvalue weighted by Crippen LogP contribution is 2.21. The largest absolute Gasteiger partial charge is 0.497 e. The number of hydrogen-bond donors (Lipinski definition) is 1. The molecular weight excluding hydrogens is 232 g/mol. The summed E-state index contributed by atoms with van der Waals surface area (Å²) in [5.41, 5.74) is 2.35. The zero-order chi connectivity index (χ0) is 12.1. The molecule has 0 aliphatic carbocycles. The molecule has 0 fully saturated rings. The second-order valence-corrected chi connectivity index (χ2v) is 4.01. The van der Waals surface area contributed by atoms with Gasteiger partial charge in [-0.1, -0.05) is 0 Å². The van der Waals surface area contributed by atoms with Crippen LogP contribution in [0, 0.1) is 0 Å². The summed E-state index contributed by atoms with van der Waals surface area (Å²) in [6.45, 7) is 0.738. The van der Waals surface area contributed by atoms with Gasteiger partial charge in [0.15, 0.2) is 0 Å². The zero-order valence-corrected chi connectivity index (χ0v) is 10.5. The highest BCUT2D eigenvalue weighted by Gasteiger charge is 2.01. The number of benzene rings is 1. The Hall–Kier alpha value is -1.64. The van der Waals surface area contributed by atoms with Gasteiger partial charge in [0, 0.05) is 23.1 Å². The molecule has 1 N–H and O–H groups in total. The van der Waals surface area contributed by atoms with E-state index in [1.165, 1.54) is 11.1 Å². The van der Waals surface area contributed by atoms with Gasteiger partial charge in [-0.3, -0.25) is 0 Å². The van der Waals surface area contributed by atoms with E-state index in [1.807, 2.05) is 18.2 Å². The molecule has 0 amide bonds. The van der Waals surface area contributed by atoms with E-state index in [0.717, 1.165) is 30.7 Å². The maximum atomic E-state index is 5.20. The number of H-pyrrole nitrogens is 1. The topological polar surface area (TPSA) is 37.4 Å². The van der Waals surface area contributed by atoms with Crippen LogP contribution in [0.15, 0.2) is 29.3 Å². The smallest absolute Gasteiger partial charge is 0.119 e. The third-order valence-corrected chi connectivity index (χ3v) is 2.79. The number of methoxy groups -OCH3 is 1. The Morgan fingerprint density at radius 1 is 1.41 bits per heavy atom. The van der Waals surface area contributed by atoms with Crippen LogP contribution in [-0.4, -0.2) is 23.8 Å². The fraction of sp³-hybridized carbons (Fsp3) is 0.308. The minimum atomic E-state index is 0.738. The highest BCUT2D eigenvalue weighted by molar-refractivity contribution is 7.78. The number of fused-ring (bicyclic) bond motifs is 1. The molecule has 17 heavy (non-hydrogen) atoms. The summed E-state index contributed by atoms with van der Waals surface area (Å²) in [6, 6.07) is 8.18. The van der Waals surface area contributed by atoms with Gasteiger partial charge in [-0.15, -0.1) is 0 Å². The second kappa shape index (κ2) is 5.62. The van der Waals surface area contributed by atoms with Crippen molar-refractivity contribution in [3.63, 3.8) is 0 Å². The van der Waals surface area contributed by atoms with Gasteiger partial charge in [-0.2, -0.15) is 0 Å². The van der Waals surface area contributed by atoms with Crippen molar-refractivity contribution in [2.45, 2.75) is 12.8 Å². The van der Waals surface area contributed by atoms with E-state index in [0.29, 0.717) is 0 Å². The Bertz CT molecular complexity index is 556. The lowest BCUT2D eigenvalue weighted by Gasteiger charge is -1.97. The van der Waals surface area contributed by atoms with E-state index < -0.39 is 0 Å². The summed E-state index contributed by atoms with van der Waals surface area (Å²) < 4.78 is 5.20. The van der Waals surface area contributed by atoms with Crippen LogP contribution in [0.1, 0.15) is 12.1 Å². The van der Waals surface area contributed by atoms with Crippen LogP contribution in [0.3, 0.4) is 0 Å². The summed E-state index contributed by atoms with van der Waals surface area (Å²) >= 11 is 4.52. The molecule has 1 aromatic carbocycles. The van der Waals surface area contributed by atoms with E-state index >= 15 is 0 Å². The highest BCUT2D eigenvalue weighted by atomic mass is 32.1. The van der Waals surface area contributed by atoms with Gasteiger partial charge in [0.2, 0.25) is 0 Å². The van der Waals surface area contributed by atoms with E-state index in [-0.39, 0.29) is 0 Å². The number of aliphatic imine (C=N–C) groups is 1. The lowest BCUT2D eigenvalue weighted by molar-refractivity contribution is 0.415. The van der Waals surface area contributed by atoms with Crippen LogP contribution in [0.4, 0.5) is 0 Å². The molecule has 3 nitrogen and oxygen atoms in total. The molecule has 1 aromatic heterocycles. The van der Waals surface area contributed by atoms with Crippen molar-refractivity contribution in [3.05, 3.63) is 30.0 Å². The van der Waals surface area contributed by atoms with Crippen molar-refractivity contribution in [1.29, 1.82) is 0 Å². The first-order valence-corrected chi connectivity index (χ1v) is 5.93. The van der Waals surface area contributed by atoms with Gasteiger partial charge >= 0.3 is 0 Å².